The minimum absolute atomic E-state index is 0.119. The summed E-state index contributed by atoms with van der Waals surface area (Å²) in [5.41, 5.74) is 0.949. The van der Waals surface area contributed by atoms with Crippen molar-refractivity contribution >= 4 is 31.4 Å². The van der Waals surface area contributed by atoms with E-state index in [1.165, 1.54) is 23.5 Å². The Hall–Kier alpha value is -2.58. The Morgan fingerprint density at radius 3 is 2.34 bits per heavy atom. The number of sulfonamides is 2. The number of nitro benzene ring substituents is 1. The van der Waals surface area contributed by atoms with Crippen molar-refractivity contribution in [1.82, 2.24) is 9.03 Å². The number of nitrogens with zero attached hydrogens (tertiary/aromatic N) is 2. The van der Waals surface area contributed by atoms with E-state index in [2.05, 4.69) is 10.0 Å². The quantitative estimate of drug-likeness (QED) is 0.399. The molecule has 174 valence electrons. The molecule has 0 saturated carbocycles. The summed E-state index contributed by atoms with van der Waals surface area (Å²) < 4.78 is 58.2. The van der Waals surface area contributed by atoms with Gasteiger partial charge in [-0.25, -0.2) is 21.6 Å². The molecule has 0 atom stereocenters. The van der Waals surface area contributed by atoms with E-state index < -0.39 is 30.7 Å². The molecule has 0 spiro atoms. The van der Waals surface area contributed by atoms with E-state index in [0.29, 0.717) is 37.4 Å². The maximum atomic E-state index is 12.8. The SMILES string of the molecule is CNS(=O)(=O)c1ccc(NCc2ccccc2CS(=O)(=O)N2CCOCC2)c([N+](=O)[O-])c1. The summed E-state index contributed by atoms with van der Waals surface area (Å²) in [5, 5.41) is 14.4. The maximum Gasteiger partial charge on any atom is 0.293 e. The molecule has 2 aromatic carbocycles. The average molecular weight is 485 g/mol. The number of rotatable bonds is 9. The van der Waals surface area contributed by atoms with E-state index in [-0.39, 0.29) is 22.9 Å². The lowest BCUT2D eigenvalue weighted by atomic mass is 10.1. The number of hydrogen-bond acceptors (Lipinski definition) is 8. The van der Waals surface area contributed by atoms with Crippen LogP contribution in [0.25, 0.3) is 0 Å². The molecule has 0 aliphatic carbocycles. The molecule has 0 aromatic heterocycles. The molecule has 1 aliphatic rings. The van der Waals surface area contributed by atoms with Crippen LogP contribution in [0.15, 0.2) is 47.4 Å². The van der Waals surface area contributed by atoms with Crippen LogP contribution < -0.4 is 10.0 Å². The molecular formula is C19H24N4O7S2. The number of hydrogen-bond donors (Lipinski definition) is 2. The van der Waals surface area contributed by atoms with Gasteiger partial charge < -0.3 is 10.1 Å². The molecule has 0 bridgehead atoms. The van der Waals surface area contributed by atoms with Gasteiger partial charge in [-0.1, -0.05) is 24.3 Å². The third-order valence-electron chi connectivity index (χ3n) is 5.03. The maximum absolute atomic E-state index is 12.8. The molecule has 3 rings (SSSR count). The zero-order valence-electron chi connectivity index (χ0n) is 17.4. The molecule has 0 amide bonds. The smallest absolute Gasteiger partial charge is 0.293 e. The van der Waals surface area contributed by atoms with E-state index in [9.17, 15) is 26.9 Å². The van der Waals surface area contributed by atoms with Crippen LogP contribution in [-0.2, 0) is 37.1 Å². The molecule has 1 heterocycles. The van der Waals surface area contributed by atoms with Crippen molar-refractivity contribution in [2.24, 2.45) is 0 Å². The number of ether oxygens (including phenoxy) is 1. The minimum Gasteiger partial charge on any atom is -0.379 e. The predicted molar refractivity (Wildman–Crippen MR) is 118 cm³/mol. The van der Waals surface area contributed by atoms with Gasteiger partial charge in [0.05, 0.1) is 28.8 Å². The summed E-state index contributed by atoms with van der Waals surface area (Å²) in [6, 6.07) is 10.5. The summed E-state index contributed by atoms with van der Waals surface area (Å²) in [6.45, 7) is 1.43. The predicted octanol–water partition coefficient (Wildman–Crippen LogP) is 1.28. The molecule has 11 nitrogen and oxygen atoms in total. The second-order valence-electron chi connectivity index (χ2n) is 7.03. The Balaban J connectivity index is 1.81. The van der Waals surface area contributed by atoms with Crippen LogP contribution in [0.3, 0.4) is 0 Å². The molecule has 2 N–H and O–H groups in total. The first kappa shape index (κ1) is 24.1. The summed E-state index contributed by atoms with van der Waals surface area (Å²) in [5.74, 6) is -0.202. The monoisotopic (exact) mass is 484 g/mol. The lowest BCUT2D eigenvalue weighted by Crippen LogP contribution is -2.41. The standard InChI is InChI=1S/C19H24N4O7S2/c1-20-32(28,29)17-6-7-18(19(12-17)23(24)25)21-13-15-4-2-3-5-16(15)14-31(26,27)22-8-10-30-11-9-22/h2-7,12,20-21H,8-11,13-14H2,1H3. The molecule has 1 aliphatic heterocycles. The van der Waals surface area contributed by atoms with E-state index >= 15 is 0 Å². The highest BCUT2D eigenvalue weighted by Crippen LogP contribution is 2.28. The topological polar surface area (TPSA) is 148 Å². The molecule has 0 unspecified atom stereocenters. The van der Waals surface area contributed by atoms with Gasteiger partial charge in [-0.15, -0.1) is 0 Å². The van der Waals surface area contributed by atoms with Gasteiger partial charge in [0.25, 0.3) is 5.69 Å². The summed E-state index contributed by atoms with van der Waals surface area (Å²) in [4.78, 5) is 10.6. The zero-order chi connectivity index (χ0) is 23.4. The van der Waals surface area contributed by atoms with Crippen molar-refractivity contribution in [1.29, 1.82) is 0 Å². The van der Waals surface area contributed by atoms with Gasteiger partial charge in [0.15, 0.2) is 0 Å². The van der Waals surface area contributed by atoms with Crippen molar-refractivity contribution in [2.45, 2.75) is 17.2 Å². The number of anilines is 1. The highest BCUT2D eigenvalue weighted by Gasteiger charge is 2.26. The normalized spacial score (nSPS) is 15.4. The van der Waals surface area contributed by atoms with Crippen molar-refractivity contribution in [2.75, 3.05) is 38.7 Å². The first-order chi connectivity index (χ1) is 15.1. The Morgan fingerprint density at radius 2 is 1.72 bits per heavy atom. The number of benzene rings is 2. The van der Waals surface area contributed by atoms with E-state index in [1.807, 2.05) is 0 Å². The van der Waals surface area contributed by atoms with Gasteiger partial charge in [0, 0.05) is 25.7 Å². The van der Waals surface area contributed by atoms with E-state index in [1.54, 1.807) is 24.3 Å². The van der Waals surface area contributed by atoms with Gasteiger partial charge in [-0.3, -0.25) is 10.1 Å². The van der Waals surface area contributed by atoms with Crippen molar-refractivity contribution < 1.29 is 26.5 Å². The van der Waals surface area contributed by atoms with Crippen LogP contribution in [0.5, 0.6) is 0 Å². The molecule has 13 heteroatoms. The third kappa shape index (κ3) is 5.61. The summed E-state index contributed by atoms with van der Waals surface area (Å²) in [7, 11) is -6.17. The zero-order valence-corrected chi connectivity index (χ0v) is 19.0. The minimum atomic E-state index is -3.84. The largest absolute Gasteiger partial charge is 0.379 e. The van der Waals surface area contributed by atoms with Crippen LogP contribution in [-0.4, -0.2) is 59.4 Å². The fourth-order valence-corrected chi connectivity index (χ4v) is 5.58. The van der Waals surface area contributed by atoms with E-state index in [0.717, 1.165) is 6.07 Å². The second-order valence-corrected chi connectivity index (χ2v) is 10.9. The Kier molecular flexibility index (Phi) is 7.46. The lowest BCUT2D eigenvalue weighted by Gasteiger charge is -2.26. The molecule has 32 heavy (non-hydrogen) atoms. The molecule has 1 saturated heterocycles. The number of nitrogens with one attached hydrogen (secondary N) is 2. The van der Waals surface area contributed by atoms with Crippen molar-refractivity contribution in [3.05, 3.63) is 63.7 Å². The molecule has 0 radical (unpaired) electrons. The van der Waals surface area contributed by atoms with Crippen LogP contribution in [0.2, 0.25) is 0 Å². The Labute approximate surface area is 186 Å². The van der Waals surface area contributed by atoms with Gasteiger partial charge in [0.1, 0.15) is 5.69 Å². The van der Waals surface area contributed by atoms with Crippen LogP contribution in [0.4, 0.5) is 11.4 Å². The lowest BCUT2D eigenvalue weighted by molar-refractivity contribution is -0.384. The van der Waals surface area contributed by atoms with Crippen LogP contribution >= 0.6 is 0 Å². The highest BCUT2D eigenvalue weighted by molar-refractivity contribution is 7.89. The van der Waals surface area contributed by atoms with Gasteiger partial charge >= 0.3 is 0 Å². The van der Waals surface area contributed by atoms with Gasteiger partial charge in [0.2, 0.25) is 20.0 Å². The average Bonchev–Trinajstić information content (AvgIpc) is 2.78. The second kappa shape index (κ2) is 9.92. The Bertz CT molecular complexity index is 1190. The van der Waals surface area contributed by atoms with Crippen LogP contribution in [0, 0.1) is 10.1 Å². The third-order valence-corrected chi connectivity index (χ3v) is 8.27. The molecule has 2 aromatic rings. The number of nitro groups is 1. The number of morpholine rings is 1. The van der Waals surface area contributed by atoms with Crippen LogP contribution in [0.1, 0.15) is 11.1 Å². The van der Waals surface area contributed by atoms with Crippen molar-refractivity contribution in [3.8, 4) is 0 Å². The fourth-order valence-electron chi connectivity index (χ4n) is 3.27. The Morgan fingerprint density at radius 1 is 1.06 bits per heavy atom. The van der Waals surface area contributed by atoms with E-state index in [4.69, 9.17) is 4.74 Å². The van der Waals surface area contributed by atoms with Gasteiger partial charge in [-0.2, -0.15) is 4.31 Å². The summed E-state index contributed by atoms with van der Waals surface area (Å²) in [6.07, 6.45) is 0. The van der Waals surface area contributed by atoms with Gasteiger partial charge in [-0.05, 0) is 30.3 Å². The molecule has 1 fully saturated rings. The summed E-state index contributed by atoms with van der Waals surface area (Å²) >= 11 is 0. The first-order valence-electron chi connectivity index (χ1n) is 9.72. The fraction of sp³-hybridized carbons (Fsp3) is 0.368. The molecular weight excluding hydrogens is 460 g/mol. The first-order valence-corrected chi connectivity index (χ1v) is 12.8. The highest BCUT2D eigenvalue weighted by atomic mass is 32.2. The van der Waals surface area contributed by atoms with Crippen molar-refractivity contribution in [3.63, 3.8) is 0 Å².